The fourth-order valence-corrected chi connectivity index (χ4v) is 2.13. The Bertz CT molecular complexity index is 788. The second-order valence-corrected chi connectivity index (χ2v) is 4.42. The smallest absolute Gasteiger partial charge is 0.216 e. The summed E-state index contributed by atoms with van der Waals surface area (Å²) in [5, 5.41) is 4.46. The van der Waals surface area contributed by atoms with Gasteiger partial charge in [-0.15, -0.1) is 0 Å². The minimum absolute atomic E-state index is 0.233. The Morgan fingerprint density at radius 1 is 1.17 bits per heavy atom. The summed E-state index contributed by atoms with van der Waals surface area (Å²) in [7, 11) is 1.80. The molecule has 0 amide bonds. The van der Waals surface area contributed by atoms with E-state index in [0.717, 1.165) is 10.9 Å². The van der Waals surface area contributed by atoms with Crippen molar-refractivity contribution in [3.63, 3.8) is 0 Å². The molecule has 90 valence electrons. The van der Waals surface area contributed by atoms with E-state index in [-0.39, 0.29) is 5.82 Å². The van der Waals surface area contributed by atoms with Crippen LogP contribution in [0.25, 0.3) is 22.2 Å². The third-order valence-electron chi connectivity index (χ3n) is 2.89. The number of nitrogens with zero attached hydrogens (tertiary/aromatic N) is 2. The first kappa shape index (κ1) is 11.1. The Labute approximate surface area is 108 Å². The molecule has 1 N–H and O–H groups in total. The number of nitrogens with one attached hydrogen (secondary N) is 1. The highest BCUT2D eigenvalue weighted by Crippen LogP contribution is 2.27. The van der Waals surface area contributed by atoms with E-state index >= 15 is 0 Å². The number of aromatic nitrogens is 3. The lowest BCUT2D eigenvalue weighted by atomic mass is 10.0. The van der Waals surface area contributed by atoms with Gasteiger partial charge in [0.15, 0.2) is 5.82 Å². The molecule has 0 radical (unpaired) electrons. The summed E-state index contributed by atoms with van der Waals surface area (Å²) >= 11 is 5.07. The largest absolute Gasteiger partial charge is 0.279 e. The third kappa shape index (κ3) is 1.64. The number of rotatable bonds is 1. The minimum Gasteiger partial charge on any atom is -0.279 e. The molecule has 0 aliphatic rings. The van der Waals surface area contributed by atoms with Crippen LogP contribution in [0.2, 0.25) is 0 Å². The SMILES string of the molecule is Cn1[nH]c(-c2ccc(F)c3ccccc23)nc1=S. The second-order valence-electron chi connectivity index (χ2n) is 4.05. The molecule has 0 aliphatic carbocycles. The van der Waals surface area contributed by atoms with E-state index in [4.69, 9.17) is 12.2 Å². The molecule has 18 heavy (non-hydrogen) atoms. The molecule has 0 spiro atoms. The first-order valence-corrected chi connectivity index (χ1v) is 5.88. The highest BCUT2D eigenvalue weighted by molar-refractivity contribution is 7.71. The zero-order valence-electron chi connectivity index (χ0n) is 9.64. The topological polar surface area (TPSA) is 33.6 Å². The van der Waals surface area contributed by atoms with Crippen LogP contribution in [0, 0.1) is 10.6 Å². The van der Waals surface area contributed by atoms with Gasteiger partial charge in [0.25, 0.3) is 0 Å². The van der Waals surface area contributed by atoms with Crippen molar-refractivity contribution in [2.24, 2.45) is 7.05 Å². The van der Waals surface area contributed by atoms with E-state index < -0.39 is 0 Å². The summed E-state index contributed by atoms with van der Waals surface area (Å²) in [5.41, 5.74) is 0.846. The molecule has 3 rings (SSSR count). The van der Waals surface area contributed by atoms with Crippen molar-refractivity contribution in [1.82, 2.24) is 14.8 Å². The van der Waals surface area contributed by atoms with Crippen LogP contribution in [0.15, 0.2) is 36.4 Å². The van der Waals surface area contributed by atoms with Crippen LogP contribution < -0.4 is 0 Å². The van der Waals surface area contributed by atoms with Gasteiger partial charge >= 0.3 is 0 Å². The maximum absolute atomic E-state index is 13.7. The maximum atomic E-state index is 13.7. The molecule has 0 aliphatic heterocycles. The first-order valence-electron chi connectivity index (χ1n) is 5.47. The van der Waals surface area contributed by atoms with Gasteiger partial charge in [0.05, 0.1) is 0 Å². The van der Waals surface area contributed by atoms with Crippen molar-refractivity contribution in [1.29, 1.82) is 0 Å². The molecule has 3 nitrogen and oxygen atoms in total. The van der Waals surface area contributed by atoms with E-state index in [9.17, 15) is 4.39 Å². The van der Waals surface area contributed by atoms with Crippen LogP contribution in [-0.4, -0.2) is 14.8 Å². The lowest BCUT2D eigenvalue weighted by Gasteiger charge is -2.04. The summed E-state index contributed by atoms with van der Waals surface area (Å²) in [4.78, 5) is 4.26. The van der Waals surface area contributed by atoms with E-state index in [2.05, 4.69) is 10.1 Å². The number of hydrogen-bond acceptors (Lipinski definition) is 2. The average molecular weight is 259 g/mol. The molecule has 3 aromatic rings. The molecule has 1 heterocycles. The van der Waals surface area contributed by atoms with Crippen LogP contribution >= 0.6 is 12.2 Å². The number of aromatic amines is 1. The molecule has 0 bridgehead atoms. The zero-order valence-corrected chi connectivity index (χ0v) is 10.5. The molecular weight excluding hydrogens is 249 g/mol. The van der Waals surface area contributed by atoms with Gasteiger partial charge in [0.1, 0.15) is 5.82 Å². The van der Waals surface area contributed by atoms with Crippen LogP contribution in [0.1, 0.15) is 0 Å². The van der Waals surface area contributed by atoms with Gasteiger partial charge in [0, 0.05) is 18.0 Å². The van der Waals surface area contributed by atoms with Crippen molar-refractivity contribution in [2.45, 2.75) is 0 Å². The second kappa shape index (κ2) is 4.03. The molecule has 0 fully saturated rings. The van der Waals surface area contributed by atoms with Gasteiger partial charge in [-0.3, -0.25) is 9.78 Å². The monoisotopic (exact) mass is 259 g/mol. The molecule has 0 unspecified atom stereocenters. The van der Waals surface area contributed by atoms with E-state index in [1.807, 2.05) is 18.2 Å². The van der Waals surface area contributed by atoms with Gasteiger partial charge in [-0.1, -0.05) is 24.3 Å². The summed E-state index contributed by atoms with van der Waals surface area (Å²) in [6, 6.07) is 10.5. The van der Waals surface area contributed by atoms with E-state index in [1.54, 1.807) is 23.9 Å². The predicted octanol–water partition coefficient (Wildman–Crippen LogP) is 3.44. The van der Waals surface area contributed by atoms with Crippen molar-refractivity contribution < 1.29 is 4.39 Å². The number of fused-ring (bicyclic) bond motifs is 1. The summed E-state index contributed by atoms with van der Waals surface area (Å²) in [5.74, 6) is 0.419. The molecule has 2 aromatic carbocycles. The Morgan fingerprint density at radius 2 is 1.89 bits per heavy atom. The Hall–Kier alpha value is -2.01. The van der Waals surface area contributed by atoms with Crippen molar-refractivity contribution >= 4 is 23.0 Å². The van der Waals surface area contributed by atoms with Gasteiger partial charge in [0.2, 0.25) is 4.77 Å². The highest BCUT2D eigenvalue weighted by atomic mass is 32.1. The summed E-state index contributed by atoms with van der Waals surface area (Å²) in [6.07, 6.45) is 0. The van der Waals surface area contributed by atoms with Crippen LogP contribution in [0.3, 0.4) is 0 Å². The standard InChI is InChI=1S/C13H10FN3S/c1-17-13(18)15-12(16-17)10-6-7-11(14)9-5-3-2-4-8(9)10/h2-7H,1H3,(H,15,16,18). The Kier molecular flexibility index (Phi) is 2.48. The fourth-order valence-electron chi connectivity index (χ4n) is 1.99. The number of H-pyrrole nitrogens is 1. The van der Waals surface area contributed by atoms with Crippen molar-refractivity contribution in [3.8, 4) is 11.4 Å². The lowest BCUT2D eigenvalue weighted by Crippen LogP contribution is -1.90. The Morgan fingerprint density at radius 3 is 2.56 bits per heavy atom. The third-order valence-corrected chi connectivity index (χ3v) is 3.26. The maximum Gasteiger partial charge on any atom is 0.216 e. The van der Waals surface area contributed by atoms with Crippen molar-refractivity contribution in [2.75, 3.05) is 0 Å². The average Bonchev–Trinajstić information content (AvgIpc) is 2.70. The number of benzene rings is 2. The van der Waals surface area contributed by atoms with Crippen LogP contribution in [0.5, 0.6) is 0 Å². The van der Waals surface area contributed by atoms with Crippen LogP contribution in [-0.2, 0) is 7.05 Å². The predicted molar refractivity (Wildman–Crippen MR) is 71.3 cm³/mol. The number of hydrogen-bond donors (Lipinski definition) is 1. The molecule has 0 saturated heterocycles. The zero-order chi connectivity index (χ0) is 12.7. The van der Waals surface area contributed by atoms with Gasteiger partial charge in [-0.2, -0.15) is 4.98 Å². The Balaban J connectivity index is 2.36. The van der Waals surface area contributed by atoms with Gasteiger partial charge < -0.3 is 0 Å². The van der Waals surface area contributed by atoms with E-state index in [1.165, 1.54) is 6.07 Å². The molecule has 0 saturated carbocycles. The van der Waals surface area contributed by atoms with Gasteiger partial charge in [-0.05, 0) is 29.7 Å². The lowest BCUT2D eigenvalue weighted by molar-refractivity contribution is 0.640. The number of halogens is 1. The van der Waals surface area contributed by atoms with Gasteiger partial charge in [-0.25, -0.2) is 4.39 Å². The molecule has 0 atom stereocenters. The fraction of sp³-hybridized carbons (Fsp3) is 0.0769. The first-order chi connectivity index (χ1) is 8.66. The highest BCUT2D eigenvalue weighted by Gasteiger charge is 2.10. The number of aryl methyl sites for hydroxylation is 1. The summed E-state index contributed by atoms with van der Waals surface area (Å²) in [6.45, 7) is 0. The molecule has 1 aromatic heterocycles. The van der Waals surface area contributed by atoms with E-state index in [0.29, 0.717) is 16.0 Å². The molecular formula is C13H10FN3S. The normalized spacial score (nSPS) is 11.0. The quantitative estimate of drug-likeness (QED) is 0.679. The van der Waals surface area contributed by atoms with Crippen LogP contribution in [0.4, 0.5) is 4.39 Å². The van der Waals surface area contributed by atoms with Crippen molar-refractivity contribution in [3.05, 3.63) is 47.0 Å². The molecule has 5 heteroatoms. The minimum atomic E-state index is -0.233. The summed E-state index contributed by atoms with van der Waals surface area (Å²) < 4.78 is 15.8.